The van der Waals surface area contributed by atoms with Crippen molar-refractivity contribution >= 4 is 11.9 Å². The Balaban J connectivity index is 4.07. The smallest absolute Gasteiger partial charge is 0.306 e. The van der Waals surface area contributed by atoms with Crippen molar-refractivity contribution in [2.75, 3.05) is 6.61 Å². The third kappa shape index (κ3) is 31.0. The lowest BCUT2D eigenvalue weighted by Crippen LogP contribution is -2.29. The van der Waals surface area contributed by atoms with Crippen molar-refractivity contribution in [1.29, 1.82) is 0 Å². The van der Waals surface area contributed by atoms with Gasteiger partial charge in [0.2, 0.25) is 0 Å². The molecule has 6 nitrogen and oxygen atoms in total. The van der Waals surface area contributed by atoms with E-state index in [4.69, 9.17) is 5.11 Å². The fraction of sp³-hybridized carbons (Fsp3) is 0.897. The van der Waals surface area contributed by atoms with E-state index in [1.54, 1.807) is 0 Å². The van der Waals surface area contributed by atoms with Crippen LogP contribution in [0.15, 0.2) is 12.2 Å². The fourth-order valence-corrected chi connectivity index (χ4v) is 6.51. The largest absolute Gasteiger partial charge is 0.481 e. The van der Waals surface area contributed by atoms with Crippen LogP contribution in [0, 0.1) is 11.8 Å². The molecule has 0 spiro atoms. The molecule has 0 aliphatic rings. The van der Waals surface area contributed by atoms with Crippen LogP contribution in [0.2, 0.25) is 0 Å². The standard InChI is InChI=1S/C39H74O6/c1-2-3-4-5-6-7-8-12-15-18-21-24-27-30-35(37(39(44)45)33-36(41)34-40)31-28-25-22-19-16-13-10-9-11-14-17-20-23-26-29-32-38(42)43/h9,11,35-37,40-41H,2-8,10,12-34H2,1H3,(H,42,43)(H,44,45)/b11-9-. The van der Waals surface area contributed by atoms with Gasteiger partial charge < -0.3 is 20.4 Å². The van der Waals surface area contributed by atoms with Crippen LogP contribution in [-0.4, -0.2) is 45.1 Å². The number of carboxylic acid groups (broad SMARTS) is 2. The topological polar surface area (TPSA) is 115 Å². The van der Waals surface area contributed by atoms with Gasteiger partial charge in [0, 0.05) is 6.42 Å². The molecule has 3 atom stereocenters. The summed E-state index contributed by atoms with van der Waals surface area (Å²) in [5, 5.41) is 37.9. The third-order valence-electron chi connectivity index (χ3n) is 9.43. The van der Waals surface area contributed by atoms with Crippen LogP contribution >= 0.6 is 0 Å². The van der Waals surface area contributed by atoms with Gasteiger partial charge in [-0.3, -0.25) is 9.59 Å². The number of carbonyl (C=O) groups is 2. The van der Waals surface area contributed by atoms with E-state index in [0.717, 1.165) is 70.6 Å². The SMILES string of the molecule is CCCCCCCCCCCCCCCC(CCCCCCCC/C=C\CCCCCCCC(=O)O)C(CC(O)CO)C(=O)O. The predicted octanol–water partition coefficient (Wildman–Crippen LogP) is 11.0. The molecule has 3 unspecified atom stereocenters. The van der Waals surface area contributed by atoms with E-state index in [9.17, 15) is 24.9 Å². The van der Waals surface area contributed by atoms with Gasteiger partial charge in [0.1, 0.15) is 0 Å². The maximum Gasteiger partial charge on any atom is 0.306 e. The molecule has 266 valence electrons. The van der Waals surface area contributed by atoms with E-state index in [1.165, 1.54) is 109 Å². The van der Waals surface area contributed by atoms with Gasteiger partial charge in [-0.1, -0.05) is 154 Å². The van der Waals surface area contributed by atoms with Crippen LogP contribution in [0.5, 0.6) is 0 Å². The highest BCUT2D eigenvalue weighted by atomic mass is 16.4. The number of aliphatic carboxylic acids is 2. The van der Waals surface area contributed by atoms with Gasteiger partial charge in [0.25, 0.3) is 0 Å². The first-order chi connectivity index (χ1) is 21.9. The number of unbranched alkanes of at least 4 members (excludes halogenated alkanes) is 23. The lowest BCUT2D eigenvalue weighted by atomic mass is 9.80. The van der Waals surface area contributed by atoms with Crippen LogP contribution in [-0.2, 0) is 9.59 Å². The number of allylic oxidation sites excluding steroid dienone is 2. The highest BCUT2D eigenvalue weighted by Gasteiger charge is 2.29. The third-order valence-corrected chi connectivity index (χ3v) is 9.43. The number of carboxylic acids is 2. The first-order valence-corrected chi connectivity index (χ1v) is 19.3. The molecule has 0 bridgehead atoms. The second-order valence-corrected chi connectivity index (χ2v) is 13.7. The summed E-state index contributed by atoms with van der Waals surface area (Å²) in [4.78, 5) is 22.6. The number of rotatable bonds is 36. The van der Waals surface area contributed by atoms with E-state index in [0.29, 0.717) is 6.42 Å². The zero-order valence-electron chi connectivity index (χ0n) is 29.4. The van der Waals surface area contributed by atoms with Crippen LogP contribution in [0.1, 0.15) is 200 Å². The van der Waals surface area contributed by atoms with Crippen molar-refractivity contribution in [1.82, 2.24) is 0 Å². The van der Waals surface area contributed by atoms with Gasteiger partial charge in [-0.2, -0.15) is 0 Å². The van der Waals surface area contributed by atoms with E-state index in [1.807, 2.05) is 0 Å². The van der Waals surface area contributed by atoms with Crippen molar-refractivity contribution < 1.29 is 30.0 Å². The average Bonchev–Trinajstić information content (AvgIpc) is 3.02. The second-order valence-electron chi connectivity index (χ2n) is 13.7. The molecule has 0 aromatic heterocycles. The Hall–Kier alpha value is -1.40. The van der Waals surface area contributed by atoms with Gasteiger partial charge in [-0.05, 0) is 57.3 Å². The van der Waals surface area contributed by atoms with Crippen molar-refractivity contribution in [3.63, 3.8) is 0 Å². The minimum atomic E-state index is -0.954. The van der Waals surface area contributed by atoms with Crippen molar-refractivity contribution in [2.45, 2.75) is 206 Å². The second kappa shape index (κ2) is 33.9. The summed E-state index contributed by atoms with van der Waals surface area (Å²) in [6.45, 7) is 1.89. The van der Waals surface area contributed by atoms with Crippen molar-refractivity contribution in [3.05, 3.63) is 12.2 Å². The highest BCUT2D eigenvalue weighted by Crippen LogP contribution is 2.30. The Kier molecular flexibility index (Phi) is 32.9. The van der Waals surface area contributed by atoms with E-state index < -0.39 is 24.0 Å². The molecule has 45 heavy (non-hydrogen) atoms. The molecule has 6 heteroatoms. The van der Waals surface area contributed by atoms with Gasteiger partial charge in [-0.15, -0.1) is 0 Å². The van der Waals surface area contributed by atoms with Crippen LogP contribution in [0.3, 0.4) is 0 Å². The minimum Gasteiger partial charge on any atom is -0.481 e. The molecule has 0 fully saturated rings. The van der Waals surface area contributed by atoms with E-state index >= 15 is 0 Å². The molecule has 0 heterocycles. The highest BCUT2D eigenvalue weighted by molar-refractivity contribution is 5.70. The zero-order valence-corrected chi connectivity index (χ0v) is 29.4. The van der Waals surface area contributed by atoms with Crippen molar-refractivity contribution in [3.8, 4) is 0 Å². The normalized spacial score (nSPS) is 13.8. The summed E-state index contributed by atoms with van der Waals surface area (Å²) in [6, 6.07) is 0. The molecule has 0 aliphatic carbocycles. The number of hydrogen-bond acceptors (Lipinski definition) is 4. The van der Waals surface area contributed by atoms with Gasteiger partial charge in [0.05, 0.1) is 18.6 Å². The summed E-state index contributed by atoms with van der Waals surface area (Å²) >= 11 is 0. The summed E-state index contributed by atoms with van der Waals surface area (Å²) in [6.07, 6.45) is 37.4. The lowest BCUT2D eigenvalue weighted by Gasteiger charge is -2.25. The molecule has 0 radical (unpaired) electrons. The van der Waals surface area contributed by atoms with Crippen molar-refractivity contribution in [2.24, 2.45) is 11.8 Å². The molecule has 0 saturated carbocycles. The predicted molar refractivity (Wildman–Crippen MR) is 189 cm³/mol. The number of aliphatic hydroxyl groups is 2. The van der Waals surface area contributed by atoms with Crippen LogP contribution in [0.25, 0.3) is 0 Å². The molecule has 0 rings (SSSR count). The fourth-order valence-electron chi connectivity index (χ4n) is 6.51. The monoisotopic (exact) mass is 639 g/mol. The molecular formula is C39H74O6. The number of hydrogen-bond donors (Lipinski definition) is 4. The Morgan fingerprint density at radius 2 is 0.933 bits per heavy atom. The van der Waals surface area contributed by atoms with Gasteiger partial charge >= 0.3 is 11.9 Å². The van der Waals surface area contributed by atoms with Gasteiger partial charge in [-0.25, -0.2) is 0 Å². The quantitative estimate of drug-likeness (QED) is 0.0401. The minimum absolute atomic E-state index is 0.0753. The molecule has 0 saturated heterocycles. The summed E-state index contributed by atoms with van der Waals surface area (Å²) in [5.74, 6) is -2.02. The van der Waals surface area contributed by atoms with E-state index in [-0.39, 0.29) is 18.9 Å². The van der Waals surface area contributed by atoms with Crippen LogP contribution < -0.4 is 0 Å². The zero-order chi connectivity index (χ0) is 33.2. The average molecular weight is 639 g/mol. The van der Waals surface area contributed by atoms with Gasteiger partial charge in [0.15, 0.2) is 0 Å². The Labute approximate surface area is 277 Å². The Morgan fingerprint density at radius 1 is 0.556 bits per heavy atom. The maximum absolute atomic E-state index is 12.1. The number of aliphatic hydroxyl groups excluding tert-OH is 2. The first kappa shape index (κ1) is 43.6. The molecule has 0 amide bonds. The molecule has 0 aromatic carbocycles. The first-order valence-electron chi connectivity index (χ1n) is 19.3. The Morgan fingerprint density at radius 3 is 1.31 bits per heavy atom. The van der Waals surface area contributed by atoms with E-state index in [2.05, 4.69) is 19.1 Å². The molecule has 0 aliphatic heterocycles. The summed E-state index contributed by atoms with van der Waals surface area (Å²) in [7, 11) is 0. The summed E-state index contributed by atoms with van der Waals surface area (Å²) in [5.41, 5.74) is 0. The summed E-state index contributed by atoms with van der Waals surface area (Å²) < 4.78 is 0. The van der Waals surface area contributed by atoms with Crippen LogP contribution in [0.4, 0.5) is 0 Å². The lowest BCUT2D eigenvalue weighted by molar-refractivity contribution is -0.145. The molecule has 0 aromatic rings. The maximum atomic E-state index is 12.1. The molecule has 4 N–H and O–H groups in total. The molecular weight excluding hydrogens is 564 g/mol. The Bertz CT molecular complexity index is 678.